The smallest absolute Gasteiger partial charge is 0.102 e. The molecule has 0 bridgehead atoms. The van der Waals surface area contributed by atoms with E-state index in [-0.39, 0.29) is 12.2 Å². The van der Waals surface area contributed by atoms with E-state index in [1.54, 1.807) is 21.1 Å². The van der Waals surface area contributed by atoms with E-state index in [1.165, 1.54) is 0 Å². The van der Waals surface area contributed by atoms with Crippen molar-refractivity contribution in [3.05, 3.63) is 28.2 Å². The van der Waals surface area contributed by atoms with Gasteiger partial charge in [0.2, 0.25) is 0 Å². The maximum atomic E-state index is 9.90. The summed E-state index contributed by atoms with van der Waals surface area (Å²) in [6.45, 7) is 3.32. The predicted molar refractivity (Wildman–Crippen MR) is 78.6 cm³/mol. The van der Waals surface area contributed by atoms with Crippen LogP contribution in [0.4, 0.5) is 5.69 Å². The van der Waals surface area contributed by atoms with Gasteiger partial charge in [0.1, 0.15) is 12.2 Å². The summed E-state index contributed by atoms with van der Waals surface area (Å²) in [5.41, 5.74) is 1.96. The lowest BCUT2D eigenvalue weighted by Crippen LogP contribution is -2.27. The van der Waals surface area contributed by atoms with E-state index in [2.05, 4.69) is 20.8 Å². The second-order valence-electron chi connectivity index (χ2n) is 4.83. The quantitative estimate of drug-likeness (QED) is 0.920. The summed E-state index contributed by atoms with van der Waals surface area (Å²) in [4.78, 5) is 2.20. The lowest BCUT2D eigenvalue weighted by molar-refractivity contribution is -0.00461. The average molecular weight is 330 g/mol. The van der Waals surface area contributed by atoms with Gasteiger partial charge in [0.25, 0.3) is 0 Å². The number of benzene rings is 1. The molecule has 2 rings (SSSR count). The molecule has 1 aromatic rings. The van der Waals surface area contributed by atoms with Gasteiger partial charge in [-0.15, -0.1) is 0 Å². The van der Waals surface area contributed by atoms with Crippen LogP contribution in [0.25, 0.3) is 0 Å². The summed E-state index contributed by atoms with van der Waals surface area (Å²) in [6, 6.07) is 5.93. The van der Waals surface area contributed by atoms with Crippen LogP contribution in [-0.2, 0) is 9.47 Å². The van der Waals surface area contributed by atoms with Crippen molar-refractivity contribution in [2.45, 2.75) is 25.2 Å². The van der Waals surface area contributed by atoms with Gasteiger partial charge in [-0.1, -0.05) is 22.0 Å². The molecule has 1 N–H and O–H groups in total. The highest BCUT2D eigenvalue weighted by Crippen LogP contribution is 2.32. The Morgan fingerprint density at radius 3 is 2.32 bits per heavy atom. The van der Waals surface area contributed by atoms with E-state index < -0.39 is 6.10 Å². The first-order valence-electron chi connectivity index (χ1n) is 6.35. The lowest BCUT2D eigenvalue weighted by Gasteiger charge is -2.23. The number of anilines is 1. The molecule has 19 heavy (non-hydrogen) atoms. The van der Waals surface area contributed by atoms with Crippen molar-refractivity contribution in [1.82, 2.24) is 0 Å². The van der Waals surface area contributed by atoms with Gasteiger partial charge in [0, 0.05) is 43.0 Å². The largest absolute Gasteiger partial charge is 0.389 e. The topological polar surface area (TPSA) is 41.9 Å². The first kappa shape index (κ1) is 14.8. The maximum absolute atomic E-state index is 9.90. The highest BCUT2D eigenvalue weighted by Gasteiger charge is 2.34. The number of hydrogen-bond donors (Lipinski definition) is 1. The standard InChI is InChI=1S/C14H20BrNO3/c1-9(17)11-5-4-10(15)6-12(11)16-7-13(18-2)14(8-16)19-3/h4-6,9,13-14,17H,7-8H2,1-3H3. The zero-order chi connectivity index (χ0) is 14.0. The molecule has 1 fully saturated rings. The van der Waals surface area contributed by atoms with Crippen molar-refractivity contribution in [2.24, 2.45) is 0 Å². The van der Waals surface area contributed by atoms with Gasteiger partial charge < -0.3 is 19.5 Å². The molecule has 1 heterocycles. The number of halogens is 1. The number of aliphatic hydroxyl groups is 1. The number of ether oxygens (including phenoxy) is 2. The van der Waals surface area contributed by atoms with Crippen LogP contribution in [0.3, 0.4) is 0 Å². The molecule has 106 valence electrons. The number of hydrogen-bond acceptors (Lipinski definition) is 4. The Balaban J connectivity index is 2.29. The third-order valence-corrected chi connectivity index (χ3v) is 4.10. The maximum Gasteiger partial charge on any atom is 0.102 e. The number of rotatable bonds is 4. The Morgan fingerprint density at radius 1 is 1.26 bits per heavy atom. The van der Waals surface area contributed by atoms with Gasteiger partial charge in [0.15, 0.2) is 0 Å². The second-order valence-corrected chi connectivity index (χ2v) is 5.75. The van der Waals surface area contributed by atoms with E-state index in [0.29, 0.717) is 0 Å². The van der Waals surface area contributed by atoms with Crippen LogP contribution >= 0.6 is 15.9 Å². The Kier molecular flexibility index (Phi) is 4.84. The van der Waals surface area contributed by atoms with Crippen LogP contribution in [-0.4, -0.2) is 44.6 Å². The Labute approximate surface area is 122 Å². The van der Waals surface area contributed by atoms with E-state index >= 15 is 0 Å². The van der Waals surface area contributed by atoms with Gasteiger partial charge in [-0.25, -0.2) is 0 Å². The van der Waals surface area contributed by atoms with Crippen LogP contribution in [0.1, 0.15) is 18.6 Å². The molecule has 1 aromatic carbocycles. The monoisotopic (exact) mass is 329 g/mol. The lowest BCUT2D eigenvalue weighted by atomic mass is 10.1. The molecule has 4 nitrogen and oxygen atoms in total. The molecule has 3 unspecified atom stereocenters. The summed E-state index contributed by atoms with van der Waals surface area (Å²) in [7, 11) is 3.41. The van der Waals surface area contributed by atoms with Gasteiger partial charge >= 0.3 is 0 Å². The zero-order valence-electron chi connectivity index (χ0n) is 11.5. The molecule has 5 heteroatoms. The molecule has 1 saturated heterocycles. The molecule has 1 aliphatic rings. The molecule has 0 saturated carbocycles. The molecule has 0 spiro atoms. The van der Waals surface area contributed by atoms with E-state index in [0.717, 1.165) is 28.8 Å². The molecular weight excluding hydrogens is 310 g/mol. The number of nitrogens with zero attached hydrogens (tertiary/aromatic N) is 1. The van der Waals surface area contributed by atoms with Crippen molar-refractivity contribution in [2.75, 3.05) is 32.2 Å². The molecule has 0 radical (unpaired) electrons. The Morgan fingerprint density at radius 2 is 1.84 bits per heavy atom. The van der Waals surface area contributed by atoms with E-state index in [9.17, 15) is 5.11 Å². The minimum absolute atomic E-state index is 0.0610. The summed E-state index contributed by atoms with van der Waals surface area (Å²) in [5, 5.41) is 9.90. The normalized spacial score (nSPS) is 24.8. The van der Waals surface area contributed by atoms with Crippen LogP contribution in [0.2, 0.25) is 0 Å². The van der Waals surface area contributed by atoms with Gasteiger partial charge in [-0.2, -0.15) is 0 Å². The summed E-state index contributed by atoms with van der Waals surface area (Å²) in [5.74, 6) is 0. The third kappa shape index (κ3) is 3.11. The summed E-state index contributed by atoms with van der Waals surface area (Å²) in [6.07, 6.45) is -0.373. The summed E-state index contributed by atoms with van der Waals surface area (Å²) < 4.78 is 11.9. The Hall–Kier alpha value is -0.620. The van der Waals surface area contributed by atoms with Gasteiger partial charge in [-0.3, -0.25) is 0 Å². The third-order valence-electron chi connectivity index (χ3n) is 3.60. The fourth-order valence-corrected chi connectivity index (χ4v) is 2.89. The molecule has 1 aliphatic heterocycles. The van der Waals surface area contributed by atoms with Crippen molar-refractivity contribution < 1.29 is 14.6 Å². The van der Waals surface area contributed by atoms with Crippen molar-refractivity contribution in [3.63, 3.8) is 0 Å². The van der Waals surface area contributed by atoms with E-state index in [1.807, 2.05) is 18.2 Å². The van der Waals surface area contributed by atoms with Crippen LogP contribution in [0.15, 0.2) is 22.7 Å². The fourth-order valence-electron chi connectivity index (χ4n) is 2.54. The van der Waals surface area contributed by atoms with Crippen molar-refractivity contribution in [3.8, 4) is 0 Å². The molecular formula is C14H20BrNO3. The second kappa shape index (κ2) is 6.22. The average Bonchev–Trinajstić information content (AvgIpc) is 2.81. The van der Waals surface area contributed by atoms with Gasteiger partial charge in [0.05, 0.1) is 6.10 Å². The zero-order valence-corrected chi connectivity index (χ0v) is 13.1. The van der Waals surface area contributed by atoms with Crippen LogP contribution < -0.4 is 4.90 Å². The molecule has 0 aliphatic carbocycles. The fraction of sp³-hybridized carbons (Fsp3) is 0.571. The van der Waals surface area contributed by atoms with Crippen molar-refractivity contribution in [1.29, 1.82) is 0 Å². The minimum Gasteiger partial charge on any atom is -0.389 e. The molecule has 0 aromatic heterocycles. The number of aliphatic hydroxyl groups excluding tert-OH is 1. The first-order valence-corrected chi connectivity index (χ1v) is 7.14. The minimum atomic E-state index is -0.495. The van der Waals surface area contributed by atoms with Crippen LogP contribution in [0.5, 0.6) is 0 Å². The van der Waals surface area contributed by atoms with Crippen molar-refractivity contribution >= 4 is 21.6 Å². The predicted octanol–water partition coefficient (Wildman–Crippen LogP) is 2.35. The Bertz CT molecular complexity index is 427. The first-order chi connectivity index (χ1) is 9.06. The summed E-state index contributed by atoms with van der Waals surface area (Å²) >= 11 is 3.49. The van der Waals surface area contributed by atoms with Crippen LogP contribution in [0, 0.1) is 0 Å². The highest BCUT2D eigenvalue weighted by atomic mass is 79.9. The molecule has 0 amide bonds. The van der Waals surface area contributed by atoms with Gasteiger partial charge in [-0.05, 0) is 19.1 Å². The SMILES string of the molecule is COC1CN(c2cc(Br)ccc2C(C)O)CC1OC. The van der Waals surface area contributed by atoms with E-state index in [4.69, 9.17) is 9.47 Å². The highest BCUT2D eigenvalue weighted by molar-refractivity contribution is 9.10. The number of methoxy groups -OCH3 is 2. The molecule has 3 atom stereocenters.